The molecular formula is C21H20ClN3O. The number of hydrogen-bond donors (Lipinski definition) is 0. The second-order valence-electron chi connectivity index (χ2n) is 6.68. The number of hydrogen-bond acceptors (Lipinski definition) is 3. The molecule has 1 aliphatic rings. The second-order valence-corrected chi connectivity index (χ2v) is 7.06. The van der Waals surface area contributed by atoms with Gasteiger partial charge in [0.15, 0.2) is 0 Å². The molecule has 0 atom stereocenters. The molecule has 0 aliphatic carbocycles. The number of ether oxygens (including phenoxy) is 1. The van der Waals surface area contributed by atoms with Crippen LogP contribution in [0.5, 0.6) is 5.75 Å². The molecule has 0 unspecified atom stereocenters. The Labute approximate surface area is 158 Å². The van der Waals surface area contributed by atoms with Crippen molar-refractivity contribution < 1.29 is 4.74 Å². The molecule has 1 aliphatic heterocycles. The van der Waals surface area contributed by atoms with Gasteiger partial charge >= 0.3 is 0 Å². The van der Waals surface area contributed by atoms with Crippen molar-refractivity contribution in [3.05, 3.63) is 70.9 Å². The van der Waals surface area contributed by atoms with Gasteiger partial charge in [0, 0.05) is 17.5 Å². The van der Waals surface area contributed by atoms with Crippen LogP contribution in [0.3, 0.4) is 0 Å². The summed E-state index contributed by atoms with van der Waals surface area (Å²) < 4.78 is 7.70. The molecule has 0 amide bonds. The summed E-state index contributed by atoms with van der Waals surface area (Å²) in [7, 11) is 0. The van der Waals surface area contributed by atoms with E-state index in [1.165, 1.54) is 5.56 Å². The first-order chi connectivity index (χ1) is 12.6. The summed E-state index contributed by atoms with van der Waals surface area (Å²) >= 11 is 6.72. The van der Waals surface area contributed by atoms with Gasteiger partial charge in [0.2, 0.25) is 0 Å². The molecule has 0 radical (unpaired) electrons. The van der Waals surface area contributed by atoms with Gasteiger partial charge in [-0.15, -0.1) is 5.10 Å². The minimum atomic E-state index is 0.606. The van der Waals surface area contributed by atoms with E-state index < -0.39 is 0 Å². The average molecular weight is 366 g/mol. The van der Waals surface area contributed by atoms with Crippen LogP contribution in [0.2, 0.25) is 0 Å². The molecule has 4 nitrogen and oxygen atoms in total. The van der Waals surface area contributed by atoms with Gasteiger partial charge in [-0.3, -0.25) is 0 Å². The second kappa shape index (κ2) is 6.96. The number of aromatic nitrogens is 3. The lowest BCUT2D eigenvalue weighted by atomic mass is 10.1. The smallest absolute Gasteiger partial charge is 0.128 e. The molecule has 0 saturated carbocycles. The molecule has 0 saturated heterocycles. The first kappa shape index (κ1) is 16.9. The Morgan fingerprint density at radius 1 is 1.08 bits per heavy atom. The van der Waals surface area contributed by atoms with Crippen molar-refractivity contribution in [3.8, 4) is 17.0 Å². The molecule has 132 valence electrons. The lowest BCUT2D eigenvalue weighted by Crippen LogP contribution is -2.05. The molecule has 2 heterocycles. The summed E-state index contributed by atoms with van der Waals surface area (Å²) in [4.78, 5) is 0. The minimum Gasteiger partial charge on any atom is -0.493 e. The molecule has 26 heavy (non-hydrogen) atoms. The van der Waals surface area contributed by atoms with Crippen LogP contribution < -0.4 is 4.74 Å². The number of halogens is 1. The highest BCUT2D eigenvalue weighted by atomic mass is 35.5. The Morgan fingerprint density at radius 2 is 1.85 bits per heavy atom. The summed E-state index contributed by atoms with van der Waals surface area (Å²) in [6.07, 6.45) is 2.73. The van der Waals surface area contributed by atoms with Crippen molar-refractivity contribution in [1.82, 2.24) is 15.0 Å². The van der Waals surface area contributed by atoms with Gasteiger partial charge in [-0.05, 0) is 31.6 Å². The summed E-state index contributed by atoms with van der Waals surface area (Å²) in [5, 5.41) is 9.34. The highest BCUT2D eigenvalue weighted by Crippen LogP contribution is 2.36. The van der Waals surface area contributed by atoms with E-state index >= 15 is 0 Å². The molecule has 4 rings (SSSR count). The van der Waals surface area contributed by atoms with Crippen LogP contribution in [0, 0.1) is 13.8 Å². The maximum absolute atomic E-state index is 6.72. The van der Waals surface area contributed by atoms with E-state index in [2.05, 4.69) is 54.5 Å². The van der Waals surface area contributed by atoms with Gasteiger partial charge in [0.1, 0.15) is 11.4 Å². The van der Waals surface area contributed by atoms with Crippen LogP contribution in [-0.4, -0.2) is 21.6 Å². The fourth-order valence-corrected chi connectivity index (χ4v) is 3.40. The molecule has 0 N–H and O–H groups in total. The van der Waals surface area contributed by atoms with Crippen molar-refractivity contribution in [2.24, 2.45) is 0 Å². The van der Waals surface area contributed by atoms with Crippen LogP contribution in [0.15, 0.2) is 54.2 Å². The highest BCUT2D eigenvalue weighted by molar-refractivity contribution is 6.49. The molecule has 0 spiro atoms. The summed E-state index contributed by atoms with van der Waals surface area (Å²) in [5.74, 6) is 0.842. The van der Waals surface area contributed by atoms with E-state index in [0.29, 0.717) is 13.2 Å². The Morgan fingerprint density at radius 3 is 2.65 bits per heavy atom. The third kappa shape index (κ3) is 3.37. The third-order valence-electron chi connectivity index (χ3n) is 4.58. The standard InChI is InChI=1S/C21H20ClN3O/c1-14-3-6-16(7-4-14)19-13-25(24-23-19)12-17-9-10-26-20-8-5-15(2)11-18(20)21(17)22/h3-8,11,13H,9-10,12H2,1-2H3. The molecule has 1 aromatic heterocycles. The first-order valence-corrected chi connectivity index (χ1v) is 9.06. The van der Waals surface area contributed by atoms with Gasteiger partial charge < -0.3 is 4.74 Å². The van der Waals surface area contributed by atoms with Crippen molar-refractivity contribution in [3.63, 3.8) is 0 Å². The van der Waals surface area contributed by atoms with Crippen LogP contribution in [0.4, 0.5) is 0 Å². The predicted octanol–water partition coefficient (Wildman–Crippen LogP) is 4.99. The third-order valence-corrected chi connectivity index (χ3v) is 5.05. The van der Waals surface area contributed by atoms with Crippen LogP contribution >= 0.6 is 11.6 Å². The van der Waals surface area contributed by atoms with Gasteiger partial charge in [0.25, 0.3) is 0 Å². The van der Waals surface area contributed by atoms with E-state index in [1.807, 2.05) is 23.0 Å². The molecule has 0 fully saturated rings. The molecule has 2 aromatic carbocycles. The Balaban J connectivity index is 1.62. The fourth-order valence-electron chi connectivity index (χ4n) is 3.10. The van der Waals surface area contributed by atoms with Crippen molar-refractivity contribution >= 4 is 16.6 Å². The molecule has 5 heteroatoms. The van der Waals surface area contributed by atoms with Gasteiger partial charge in [0.05, 0.1) is 24.4 Å². The summed E-state index contributed by atoms with van der Waals surface area (Å²) in [6.45, 7) is 5.35. The zero-order valence-electron chi connectivity index (χ0n) is 14.9. The van der Waals surface area contributed by atoms with Gasteiger partial charge in [-0.2, -0.15) is 0 Å². The molecular weight excluding hydrogens is 346 g/mol. The Kier molecular flexibility index (Phi) is 4.51. The van der Waals surface area contributed by atoms with E-state index in [0.717, 1.165) is 45.2 Å². The van der Waals surface area contributed by atoms with Crippen molar-refractivity contribution in [1.29, 1.82) is 0 Å². The first-order valence-electron chi connectivity index (χ1n) is 8.68. The molecule has 0 bridgehead atoms. The summed E-state index contributed by atoms with van der Waals surface area (Å²) in [6, 6.07) is 14.4. The Bertz CT molecular complexity index is 973. The Hall–Kier alpha value is -2.59. The zero-order chi connectivity index (χ0) is 18.1. The van der Waals surface area contributed by atoms with E-state index in [4.69, 9.17) is 16.3 Å². The lowest BCUT2D eigenvalue weighted by molar-refractivity contribution is 0.321. The lowest BCUT2D eigenvalue weighted by Gasteiger charge is -2.08. The van der Waals surface area contributed by atoms with Crippen LogP contribution in [0.25, 0.3) is 16.3 Å². The van der Waals surface area contributed by atoms with Crippen molar-refractivity contribution in [2.75, 3.05) is 6.61 Å². The van der Waals surface area contributed by atoms with Crippen LogP contribution in [0.1, 0.15) is 23.1 Å². The zero-order valence-corrected chi connectivity index (χ0v) is 15.6. The molecule has 3 aromatic rings. The number of rotatable bonds is 3. The summed E-state index contributed by atoms with van der Waals surface area (Å²) in [5.41, 5.74) is 6.38. The monoisotopic (exact) mass is 365 g/mol. The predicted molar refractivity (Wildman–Crippen MR) is 104 cm³/mol. The maximum atomic E-state index is 6.72. The topological polar surface area (TPSA) is 39.9 Å². The van der Waals surface area contributed by atoms with Gasteiger partial charge in [-0.1, -0.05) is 58.3 Å². The van der Waals surface area contributed by atoms with E-state index in [1.54, 1.807) is 0 Å². The van der Waals surface area contributed by atoms with E-state index in [-0.39, 0.29) is 0 Å². The van der Waals surface area contributed by atoms with Crippen LogP contribution in [-0.2, 0) is 6.54 Å². The number of aryl methyl sites for hydroxylation is 2. The number of benzene rings is 2. The van der Waals surface area contributed by atoms with Gasteiger partial charge in [-0.25, -0.2) is 4.68 Å². The average Bonchev–Trinajstić information content (AvgIpc) is 3.04. The maximum Gasteiger partial charge on any atom is 0.128 e. The number of nitrogens with zero attached hydrogens (tertiary/aromatic N) is 3. The highest BCUT2D eigenvalue weighted by Gasteiger charge is 2.18. The number of fused-ring (bicyclic) bond motifs is 1. The quantitative estimate of drug-likeness (QED) is 0.656. The largest absolute Gasteiger partial charge is 0.493 e. The normalized spacial score (nSPS) is 14.0. The minimum absolute atomic E-state index is 0.606. The van der Waals surface area contributed by atoms with Crippen molar-refractivity contribution in [2.45, 2.75) is 26.8 Å². The van der Waals surface area contributed by atoms with E-state index in [9.17, 15) is 0 Å². The fraction of sp³-hybridized carbons (Fsp3) is 0.238. The SMILES string of the molecule is Cc1ccc(-c2cn(CC3=C(Cl)c4cc(C)ccc4OCC3)nn2)cc1.